The lowest BCUT2D eigenvalue weighted by molar-refractivity contribution is 0.934. The molecular formula is C14H14BrN. The summed E-state index contributed by atoms with van der Waals surface area (Å²) < 4.78 is 0. The zero-order chi connectivity index (χ0) is 11.4. The Bertz CT molecular complexity index is 453. The van der Waals surface area contributed by atoms with Gasteiger partial charge in [0.15, 0.2) is 0 Å². The summed E-state index contributed by atoms with van der Waals surface area (Å²) in [6.45, 7) is 2.15. The third-order valence-electron chi connectivity index (χ3n) is 2.73. The normalized spacial score (nSPS) is 12.4. The smallest absolute Gasteiger partial charge is 0.0436 e. The highest BCUT2D eigenvalue weighted by Crippen LogP contribution is 2.27. The molecule has 0 spiro atoms. The van der Waals surface area contributed by atoms with Crippen molar-refractivity contribution >= 4 is 15.9 Å². The van der Waals surface area contributed by atoms with Crippen molar-refractivity contribution < 1.29 is 0 Å². The fourth-order valence-corrected chi connectivity index (χ4v) is 2.38. The first kappa shape index (κ1) is 11.3. The Balaban J connectivity index is 2.14. The highest BCUT2D eigenvalue weighted by atomic mass is 79.9. The highest BCUT2D eigenvalue weighted by molar-refractivity contribution is 9.09. The summed E-state index contributed by atoms with van der Waals surface area (Å²) in [6.07, 6.45) is 4.68. The summed E-state index contributed by atoms with van der Waals surface area (Å²) in [5.74, 6) is 0. The van der Waals surface area contributed by atoms with E-state index in [0.29, 0.717) is 4.83 Å². The van der Waals surface area contributed by atoms with E-state index in [9.17, 15) is 0 Å². The van der Waals surface area contributed by atoms with Gasteiger partial charge in [-0.15, -0.1) is 0 Å². The molecule has 1 unspecified atom stereocenters. The van der Waals surface area contributed by atoms with Crippen LogP contribution in [0, 0.1) is 6.92 Å². The van der Waals surface area contributed by atoms with E-state index in [1.165, 1.54) is 16.7 Å². The maximum Gasteiger partial charge on any atom is 0.0436 e. The minimum Gasteiger partial charge on any atom is -0.265 e. The molecule has 0 aliphatic rings. The molecule has 0 saturated carbocycles. The molecular weight excluding hydrogens is 262 g/mol. The summed E-state index contributed by atoms with van der Waals surface area (Å²) in [5.41, 5.74) is 4.01. The van der Waals surface area contributed by atoms with Gasteiger partial charge in [-0.1, -0.05) is 40.2 Å². The Hall–Kier alpha value is -1.15. The van der Waals surface area contributed by atoms with Crippen LogP contribution in [-0.2, 0) is 6.42 Å². The third-order valence-corrected chi connectivity index (χ3v) is 3.58. The van der Waals surface area contributed by atoms with Crippen molar-refractivity contribution in [1.29, 1.82) is 0 Å². The van der Waals surface area contributed by atoms with E-state index in [2.05, 4.69) is 64.2 Å². The average Bonchev–Trinajstić information content (AvgIpc) is 2.33. The second kappa shape index (κ2) is 5.26. The molecule has 1 nitrogen and oxygen atoms in total. The van der Waals surface area contributed by atoms with Gasteiger partial charge in [-0.05, 0) is 42.2 Å². The number of alkyl halides is 1. The van der Waals surface area contributed by atoms with Gasteiger partial charge in [-0.3, -0.25) is 4.98 Å². The molecule has 2 rings (SSSR count). The minimum absolute atomic E-state index is 0.358. The Morgan fingerprint density at radius 2 is 1.81 bits per heavy atom. The zero-order valence-electron chi connectivity index (χ0n) is 9.23. The number of benzene rings is 1. The van der Waals surface area contributed by atoms with E-state index in [1.54, 1.807) is 0 Å². The van der Waals surface area contributed by atoms with Gasteiger partial charge in [0.2, 0.25) is 0 Å². The van der Waals surface area contributed by atoms with Crippen LogP contribution in [0.3, 0.4) is 0 Å². The second-order valence-electron chi connectivity index (χ2n) is 3.88. The summed E-state index contributed by atoms with van der Waals surface area (Å²) in [5, 5.41) is 0. The number of hydrogen-bond donors (Lipinski definition) is 0. The van der Waals surface area contributed by atoms with Crippen LogP contribution < -0.4 is 0 Å². The Labute approximate surface area is 105 Å². The maximum atomic E-state index is 4.03. The number of nitrogens with zero attached hydrogens (tertiary/aromatic N) is 1. The Morgan fingerprint density at radius 3 is 2.50 bits per heavy atom. The SMILES string of the molecule is Cc1ccccc1CC(Br)c1ccncc1. The number of rotatable bonds is 3. The molecule has 2 heteroatoms. The van der Waals surface area contributed by atoms with Crippen LogP contribution in [0.2, 0.25) is 0 Å². The molecule has 0 fully saturated rings. The quantitative estimate of drug-likeness (QED) is 0.770. The molecule has 1 heterocycles. The van der Waals surface area contributed by atoms with Crippen LogP contribution in [0.4, 0.5) is 0 Å². The summed E-state index contributed by atoms with van der Waals surface area (Å²) >= 11 is 3.73. The number of pyridine rings is 1. The van der Waals surface area contributed by atoms with Gasteiger partial charge in [0, 0.05) is 17.2 Å². The van der Waals surface area contributed by atoms with Crippen LogP contribution in [0.1, 0.15) is 21.5 Å². The lowest BCUT2D eigenvalue weighted by atomic mass is 10.0. The van der Waals surface area contributed by atoms with Crippen LogP contribution in [0.25, 0.3) is 0 Å². The molecule has 0 saturated heterocycles. The van der Waals surface area contributed by atoms with E-state index < -0.39 is 0 Å². The van der Waals surface area contributed by atoms with Gasteiger partial charge in [0.05, 0.1) is 0 Å². The van der Waals surface area contributed by atoms with Crippen molar-refractivity contribution in [3.05, 3.63) is 65.5 Å². The zero-order valence-corrected chi connectivity index (χ0v) is 10.8. The summed E-state index contributed by atoms with van der Waals surface area (Å²) in [7, 11) is 0. The molecule has 2 aromatic rings. The molecule has 0 amide bonds. The predicted octanol–water partition coefficient (Wildman–Crippen LogP) is 4.07. The van der Waals surface area contributed by atoms with Gasteiger partial charge < -0.3 is 0 Å². The number of hydrogen-bond acceptors (Lipinski definition) is 1. The van der Waals surface area contributed by atoms with Crippen molar-refractivity contribution in [2.24, 2.45) is 0 Å². The van der Waals surface area contributed by atoms with Gasteiger partial charge in [-0.2, -0.15) is 0 Å². The summed E-state index contributed by atoms with van der Waals surface area (Å²) in [6, 6.07) is 12.6. The van der Waals surface area contributed by atoms with Crippen LogP contribution >= 0.6 is 15.9 Å². The van der Waals surface area contributed by atoms with Crippen molar-refractivity contribution in [2.75, 3.05) is 0 Å². The van der Waals surface area contributed by atoms with Gasteiger partial charge >= 0.3 is 0 Å². The number of aryl methyl sites for hydroxylation is 1. The molecule has 0 bridgehead atoms. The monoisotopic (exact) mass is 275 g/mol. The molecule has 1 aromatic heterocycles. The van der Waals surface area contributed by atoms with Crippen molar-refractivity contribution in [3.8, 4) is 0 Å². The van der Waals surface area contributed by atoms with E-state index in [0.717, 1.165) is 6.42 Å². The van der Waals surface area contributed by atoms with Crippen molar-refractivity contribution in [1.82, 2.24) is 4.98 Å². The predicted molar refractivity (Wildman–Crippen MR) is 70.8 cm³/mol. The van der Waals surface area contributed by atoms with E-state index in [4.69, 9.17) is 0 Å². The van der Waals surface area contributed by atoms with Gasteiger partial charge in [-0.25, -0.2) is 0 Å². The van der Waals surface area contributed by atoms with Crippen molar-refractivity contribution in [2.45, 2.75) is 18.2 Å². The average molecular weight is 276 g/mol. The van der Waals surface area contributed by atoms with Crippen LogP contribution in [-0.4, -0.2) is 4.98 Å². The van der Waals surface area contributed by atoms with E-state index >= 15 is 0 Å². The molecule has 1 atom stereocenters. The standard InChI is InChI=1S/C14H14BrN/c1-11-4-2-3-5-13(11)10-14(15)12-6-8-16-9-7-12/h2-9,14H,10H2,1H3. The highest BCUT2D eigenvalue weighted by Gasteiger charge is 2.09. The van der Waals surface area contributed by atoms with E-state index in [-0.39, 0.29) is 0 Å². The summed E-state index contributed by atoms with van der Waals surface area (Å²) in [4.78, 5) is 4.39. The Kier molecular flexibility index (Phi) is 3.73. The minimum atomic E-state index is 0.358. The first-order chi connectivity index (χ1) is 7.77. The molecule has 82 valence electrons. The molecule has 0 N–H and O–H groups in total. The Morgan fingerprint density at radius 1 is 1.12 bits per heavy atom. The fourth-order valence-electron chi connectivity index (χ4n) is 1.72. The molecule has 0 aliphatic carbocycles. The molecule has 0 aliphatic heterocycles. The first-order valence-electron chi connectivity index (χ1n) is 5.36. The van der Waals surface area contributed by atoms with E-state index in [1.807, 2.05) is 12.4 Å². The maximum absolute atomic E-state index is 4.03. The van der Waals surface area contributed by atoms with Gasteiger partial charge in [0.1, 0.15) is 0 Å². The molecule has 0 radical (unpaired) electrons. The molecule has 1 aromatic carbocycles. The lowest BCUT2D eigenvalue weighted by Gasteiger charge is -2.11. The lowest BCUT2D eigenvalue weighted by Crippen LogP contribution is -1.97. The molecule has 16 heavy (non-hydrogen) atoms. The van der Waals surface area contributed by atoms with Gasteiger partial charge in [0.25, 0.3) is 0 Å². The number of halogens is 1. The number of aromatic nitrogens is 1. The third kappa shape index (κ3) is 2.70. The fraction of sp³-hybridized carbons (Fsp3) is 0.214. The van der Waals surface area contributed by atoms with Crippen LogP contribution in [0.5, 0.6) is 0 Å². The second-order valence-corrected chi connectivity index (χ2v) is 4.98. The largest absolute Gasteiger partial charge is 0.265 e. The van der Waals surface area contributed by atoms with Crippen molar-refractivity contribution in [3.63, 3.8) is 0 Å². The topological polar surface area (TPSA) is 12.9 Å². The van der Waals surface area contributed by atoms with Crippen LogP contribution in [0.15, 0.2) is 48.8 Å². The first-order valence-corrected chi connectivity index (χ1v) is 6.27.